The summed E-state index contributed by atoms with van der Waals surface area (Å²) < 4.78 is 5.44. The smallest absolute Gasteiger partial charge is 0.293 e. The quantitative estimate of drug-likeness (QED) is 0.475. The number of thiocarbonyl (C=S) groups is 1. The molecule has 1 heterocycles. The van der Waals surface area contributed by atoms with E-state index in [1.165, 1.54) is 0 Å². The van der Waals surface area contributed by atoms with Gasteiger partial charge in [0, 0.05) is 16.0 Å². The Morgan fingerprint density at radius 3 is 2.40 bits per heavy atom. The molecule has 0 atom stereocenters. The van der Waals surface area contributed by atoms with E-state index >= 15 is 0 Å². The van der Waals surface area contributed by atoms with Gasteiger partial charge in [-0.15, -0.1) is 0 Å². The molecule has 25 heavy (non-hydrogen) atoms. The highest BCUT2D eigenvalue weighted by atomic mass is 35.5. The number of rotatable bonds is 2. The first-order valence-corrected chi connectivity index (χ1v) is 7.97. The van der Waals surface area contributed by atoms with Crippen molar-refractivity contribution in [2.75, 3.05) is 0 Å². The van der Waals surface area contributed by atoms with Crippen molar-refractivity contribution in [1.29, 1.82) is 0 Å². The number of carbonyl (C=O) groups excluding carboxylic acids is 2. The van der Waals surface area contributed by atoms with E-state index in [9.17, 15) is 9.59 Å². The lowest BCUT2D eigenvalue weighted by Crippen LogP contribution is -2.48. The lowest BCUT2D eigenvalue weighted by molar-refractivity contribution is 0.0928. The van der Waals surface area contributed by atoms with Gasteiger partial charge in [-0.05, 0) is 48.6 Å². The molecule has 2 amide bonds. The van der Waals surface area contributed by atoms with E-state index in [2.05, 4.69) is 16.2 Å². The minimum atomic E-state index is -0.519. The molecule has 3 rings (SSSR count). The lowest BCUT2D eigenvalue weighted by Gasteiger charge is -2.10. The molecule has 0 aliphatic carbocycles. The minimum absolute atomic E-state index is 0.0623. The molecule has 3 N–H and O–H groups in total. The number of para-hydroxylation sites is 1. The van der Waals surface area contributed by atoms with E-state index in [0.717, 1.165) is 5.39 Å². The fourth-order valence-corrected chi connectivity index (χ4v) is 2.35. The van der Waals surface area contributed by atoms with Crippen molar-refractivity contribution in [3.05, 3.63) is 70.9 Å². The van der Waals surface area contributed by atoms with Crippen molar-refractivity contribution in [1.82, 2.24) is 16.2 Å². The van der Waals surface area contributed by atoms with Gasteiger partial charge in [0.1, 0.15) is 5.58 Å². The number of amides is 2. The molecule has 0 fully saturated rings. The zero-order chi connectivity index (χ0) is 17.8. The summed E-state index contributed by atoms with van der Waals surface area (Å²) in [5, 5.41) is 3.70. The molecule has 6 nitrogen and oxygen atoms in total. The molecule has 0 spiro atoms. The van der Waals surface area contributed by atoms with Crippen LogP contribution in [0.4, 0.5) is 0 Å². The molecule has 1 aromatic heterocycles. The highest BCUT2D eigenvalue weighted by molar-refractivity contribution is 7.80. The van der Waals surface area contributed by atoms with Crippen LogP contribution in [-0.2, 0) is 0 Å². The van der Waals surface area contributed by atoms with E-state index in [1.807, 2.05) is 18.2 Å². The monoisotopic (exact) mass is 373 g/mol. The molecule has 8 heteroatoms. The highest BCUT2D eigenvalue weighted by Crippen LogP contribution is 2.18. The van der Waals surface area contributed by atoms with Gasteiger partial charge in [-0.2, -0.15) is 0 Å². The molecule has 0 aliphatic rings. The minimum Gasteiger partial charge on any atom is -0.451 e. The molecular formula is C17H12ClN3O3S. The summed E-state index contributed by atoms with van der Waals surface area (Å²) in [5.41, 5.74) is 5.83. The van der Waals surface area contributed by atoms with Gasteiger partial charge >= 0.3 is 0 Å². The first kappa shape index (κ1) is 16.9. The Morgan fingerprint density at radius 2 is 1.68 bits per heavy atom. The summed E-state index contributed by atoms with van der Waals surface area (Å²) in [6.07, 6.45) is 0. The largest absolute Gasteiger partial charge is 0.451 e. The van der Waals surface area contributed by atoms with E-state index < -0.39 is 11.8 Å². The van der Waals surface area contributed by atoms with Gasteiger partial charge in [0.15, 0.2) is 10.9 Å². The number of halogens is 1. The van der Waals surface area contributed by atoms with Crippen LogP contribution in [0.3, 0.4) is 0 Å². The van der Waals surface area contributed by atoms with Crippen LogP contribution in [0.1, 0.15) is 20.9 Å². The van der Waals surface area contributed by atoms with Crippen LogP contribution in [0.15, 0.2) is 59.0 Å². The van der Waals surface area contributed by atoms with E-state index in [0.29, 0.717) is 16.2 Å². The predicted octanol–water partition coefficient (Wildman–Crippen LogP) is 3.04. The van der Waals surface area contributed by atoms with Crippen molar-refractivity contribution in [3.63, 3.8) is 0 Å². The first-order valence-electron chi connectivity index (χ1n) is 7.19. The second kappa shape index (κ2) is 7.33. The topological polar surface area (TPSA) is 83.4 Å². The maximum Gasteiger partial charge on any atom is 0.293 e. The van der Waals surface area contributed by atoms with Crippen LogP contribution in [0.2, 0.25) is 5.02 Å². The summed E-state index contributed by atoms with van der Waals surface area (Å²) in [4.78, 5) is 24.0. The Kier molecular flexibility index (Phi) is 4.97. The molecule has 0 saturated heterocycles. The average Bonchev–Trinajstić information content (AvgIpc) is 3.04. The molecule has 2 aromatic carbocycles. The maximum absolute atomic E-state index is 12.1. The molecular weight excluding hydrogens is 362 g/mol. The van der Waals surface area contributed by atoms with Crippen molar-refractivity contribution < 1.29 is 14.0 Å². The van der Waals surface area contributed by atoms with Crippen LogP contribution in [0, 0.1) is 0 Å². The first-order chi connectivity index (χ1) is 12.0. The molecule has 0 unspecified atom stereocenters. The number of benzene rings is 2. The maximum atomic E-state index is 12.1. The molecule has 0 radical (unpaired) electrons. The number of hydrogen-bond donors (Lipinski definition) is 3. The summed E-state index contributed by atoms with van der Waals surface area (Å²) in [7, 11) is 0. The number of carbonyl (C=O) groups is 2. The number of hydrazine groups is 1. The molecule has 0 bridgehead atoms. The van der Waals surface area contributed by atoms with Crippen LogP contribution >= 0.6 is 23.8 Å². The van der Waals surface area contributed by atoms with Crippen molar-refractivity contribution in [2.45, 2.75) is 0 Å². The van der Waals surface area contributed by atoms with Crippen LogP contribution < -0.4 is 16.2 Å². The van der Waals surface area contributed by atoms with Gasteiger partial charge in [0.25, 0.3) is 11.8 Å². The third-order valence-corrected chi connectivity index (χ3v) is 3.73. The van der Waals surface area contributed by atoms with Gasteiger partial charge in [0.2, 0.25) is 0 Å². The normalized spacial score (nSPS) is 10.3. The average molecular weight is 374 g/mol. The standard InChI is InChI=1S/C17H12ClN3O3S/c18-12-7-5-10(6-8-12)15(22)20-21-17(25)19-16(23)14-9-11-3-1-2-4-13(11)24-14/h1-9H,(H,20,22)(H2,19,21,23,25). The molecule has 126 valence electrons. The number of fused-ring (bicyclic) bond motifs is 1. The summed E-state index contributed by atoms with van der Waals surface area (Å²) >= 11 is 10.7. The van der Waals surface area contributed by atoms with Crippen LogP contribution in [0.5, 0.6) is 0 Å². The fraction of sp³-hybridized carbons (Fsp3) is 0. The Balaban J connectivity index is 1.55. The molecule has 0 aliphatic heterocycles. The van der Waals surface area contributed by atoms with E-state index in [4.69, 9.17) is 28.2 Å². The number of furan rings is 1. The zero-order valence-electron chi connectivity index (χ0n) is 12.7. The van der Waals surface area contributed by atoms with E-state index in [1.54, 1.807) is 36.4 Å². The lowest BCUT2D eigenvalue weighted by atomic mass is 10.2. The third-order valence-electron chi connectivity index (χ3n) is 3.27. The van der Waals surface area contributed by atoms with Crippen LogP contribution in [-0.4, -0.2) is 16.9 Å². The van der Waals surface area contributed by atoms with Crippen molar-refractivity contribution in [2.24, 2.45) is 0 Å². The van der Waals surface area contributed by atoms with Gasteiger partial charge in [-0.25, -0.2) is 0 Å². The Labute approximate surface area is 153 Å². The predicted molar refractivity (Wildman–Crippen MR) is 98.3 cm³/mol. The summed E-state index contributed by atoms with van der Waals surface area (Å²) in [6, 6.07) is 15.2. The fourth-order valence-electron chi connectivity index (χ4n) is 2.08. The third kappa shape index (κ3) is 4.14. The van der Waals surface area contributed by atoms with Crippen LogP contribution in [0.25, 0.3) is 11.0 Å². The molecule has 3 aromatic rings. The second-order valence-electron chi connectivity index (χ2n) is 5.02. The zero-order valence-corrected chi connectivity index (χ0v) is 14.3. The Morgan fingerprint density at radius 1 is 0.960 bits per heavy atom. The second-order valence-corrected chi connectivity index (χ2v) is 5.86. The molecule has 0 saturated carbocycles. The van der Waals surface area contributed by atoms with Crippen molar-refractivity contribution in [3.8, 4) is 0 Å². The Bertz CT molecular complexity index is 920. The van der Waals surface area contributed by atoms with Gasteiger partial charge in [-0.3, -0.25) is 25.8 Å². The van der Waals surface area contributed by atoms with E-state index in [-0.39, 0.29) is 10.9 Å². The Hall–Kier alpha value is -2.90. The van der Waals surface area contributed by atoms with Gasteiger partial charge in [-0.1, -0.05) is 29.8 Å². The number of nitrogens with one attached hydrogen (secondary N) is 3. The number of hydrogen-bond acceptors (Lipinski definition) is 4. The van der Waals surface area contributed by atoms with Crippen molar-refractivity contribution >= 4 is 51.7 Å². The summed E-state index contributed by atoms with van der Waals surface area (Å²) in [6.45, 7) is 0. The SMILES string of the molecule is O=C(NNC(=S)NC(=O)c1cc2ccccc2o1)c1ccc(Cl)cc1. The highest BCUT2D eigenvalue weighted by Gasteiger charge is 2.14. The van der Waals surface area contributed by atoms with Gasteiger partial charge in [0.05, 0.1) is 0 Å². The summed E-state index contributed by atoms with van der Waals surface area (Å²) in [5.74, 6) is -0.819. The van der Waals surface area contributed by atoms with Gasteiger partial charge < -0.3 is 4.42 Å².